The minimum Gasteiger partial charge on any atom is -0.872 e. The number of nitrogens with zero attached hydrogens (tertiary/aromatic N) is 2. The maximum atomic E-state index is 10.6. The van der Waals surface area contributed by atoms with E-state index in [2.05, 4.69) is 9.97 Å². The molecule has 7 N–H and O–H groups in total. The van der Waals surface area contributed by atoms with Crippen molar-refractivity contribution >= 4 is 5.97 Å². The van der Waals surface area contributed by atoms with Crippen LogP contribution in [0.4, 0.5) is 0 Å². The van der Waals surface area contributed by atoms with Gasteiger partial charge < -0.3 is 31.4 Å². The number of pyridine rings is 2. The quantitative estimate of drug-likeness (QED) is 0.238. The molecular weight excluding hydrogens is 483 g/mol. The van der Waals surface area contributed by atoms with Crippen molar-refractivity contribution < 1.29 is 77.4 Å². The topological polar surface area (TPSA) is 277 Å². The van der Waals surface area contributed by atoms with E-state index < -0.39 is 22.0 Å². The van der Waals surface area contributed by atoms with Crippen LogP contribution in [0.25, 0.3) is 11.4 Å². The van der Waals surface area contributed by atoms with Crippen molar-refractivity contribution in [3.63, 3.8) is 0 Å². The summed E-state index contributed by atoms with van der Waals surface area (Å²) in [7, 11) is -4.94. The fourth-order valence-electron chi connectivity index (χ4n) is 1.66. The van der Waals surface area contributed by atoms with E-state index in [1.807, 2.05) is 36.4 Å². The van der Waals surface area contributed by atoms with Crippen LogP contribution in [-0.4, -0.2) is 26.9 Å². The molecule has 0 unspecified atom stereocenters. The van der Waals surface area contributed by atoms with Crippen LogP contribution in [-0.2, 0) is 22.5 Å². The molecule has 0 aliphatic carbocycles. The number of benzene rings is 1. The number of carboxylic acid groups (broad SMARTS) is 1. The Bertz CT molecular complexity index is 796. The first-order chi connectivity index (χ1) is 12.7. The smallest absolute Gasteiger partial charge is 0.872 e. The fourth-order valence-corrected chi connectivity index (χ4v) is 1.66. The summed E-state index contributed by atoms with van der Waals surface area (Å²) in [6, 6.07) is 17.0. The van der Waals surface area contributed by atoms with Crippen molar-refractivity contribution in [2.75, 3.05) is 0 Å². The van der Waals surface area contributed by atoms with E-state index >= 15 is 0 Å². The number of hydrogen-bond donors (Lipinski definition) is 0. The average molecular weight is 502 g/mol. The van der Waals surface area contributed by atoms with Gasteiger partial charge in [0, 0.05) is 12.4 Å². The van der Waals surface area contributed by atoms with Crippen LogP contribution in [0.3, 0.4) is 0 Å². The van der Waals surface area contributed by atoms with E-state index in [0.717, 1.165) is 11.4 Å². The van der Waals surface area contributed by atoms with Gasteiger partial charge in [-0.3, -0.25) is 9.97 Å². The van der Waals surface area contributed by atoms with Crippen LogP contribution in [0.15, 0.2) is 73.1 Å². The standard InChI is InChI=1S/C10H8N2.C7H6O3.ClHO4.Mn.3H2O/c1-3-7-11-9(5-1)10-6-2-4-8-12-10;8-6-4-2-1-3-5(6)7(9)10;2-1(3,4)5;;;;/h1-8H;1-4,8H,(H,9,10);(H,2,3,4,5);;3*1H2/q;;;+3;;;/p-2. The first kappa shape index (κ1) is 35.7. The second-order valence-electron chi connectivity index (χ2n) is 4.59. The zero-order valence-corrected chi connectivity index (χ0v) is 17.4. The molecule has 0 saturated heterocycles. The third kappa shape index (κ3) is 16.8. The van der Waals surface area contributed by atoms with Gasteiger partial charge in [-0.05, 0) is 29.8 Å². The van der Waals surface area contributed by atoms with Crippen LogP contribution in [0, 0.1) is 10.2 Å². The van der Waals surface area contributed by atoms with Crippen molar-refractivity contribution in [2.45, 2.75) is 0 Å². The predicted octanol–water partition coefficient (Wildman–Crippen LogP) is -6.06. The molecule has 0 bridgehead atoms. The number of aromatic carboxylic acids is 1. The van der Waals surface area contributed by atoms with Crippen LogP contribution < -0.4 is 28.8 Å². The average Bonchev–Trinajstić information content (AvgIpc) is 2.62. The van der Waals surface area contributed by atoms with E-state index in [0.29, 0.717) is 0 Å². The number of para-hydroxylation sites is 1. The molecule has 0 aliphatic rings. The number of aromatic nitrogens is 2. The summed E-state index contributed by atoms with van der Waals surface area (Å²) >= 11 is 0. The summed E-state index contributed by atoms with van der Waals surface area (Å²) in [5.74, 6) is -1.94. The number of carbonyl (C=O) groups is 1. The number of hydrogen-bond acceptors (Lipinski definition) is 9. The Balaban J connectivity index is -0.000000177. The van der Waals surface area contributed by atoms with Gasteiger partial charge in [0.2, 0.25) is 0 Å². The predicted molar refractivity (Wildman–Crippen MR) is 89.8 cm³/mol. The van der Waals surface area contributed by atoms with Crippen molar-refractivity contribution in [3.05, 3.63) is 78.6 Å². The number of carbonyl (C=O) groups excluding carboxylic acids is 1. The van der Waals surface area contributed by atoms with E-state index in [-0.39, 0.29) is 39.1 Å². The number of carboxylic acids is 1. The second kappa shape index (κ2) is 18.1. The molecule has 0 atom stereocenters. The first-order valence-electron chi connectivity index (χ1n) is 7.10. The minimum absolute atomic E-state index is 0. The van der Waals surface area contributed by atoms with E-state index in [4.69, 9.17) is 18.6 Å². The van der Waals surface area contributed by atoms with Gasteiger partial charge in [0.25, 0.3) is 0 Å². The van der Waals surface area contributed by atoms with Crippen molar-refractivity contribution in [2.24, 2.45) is 0 Å². The molecule has 3 rings (SSSR count). The van der Waals surface area contributed by atoms with Crippen LogP contribution in [0.1, 0.15) is 10.4 Å². The largest absolute Gasteiger partial charge is 3.00 e. The van der Waals surface area contributed by atoms with Gasteiger partial charge in [-0.15, -0.1) is 10.2 Å². The Morgan fingerprint density at radius 2 is 1.10 bits per heavy atom. The van der Waals surface area contributed by atoms with Crippen LogP contribution in [0.5, 0.6) is 5.75 Å². The van der Waals surface area contributed by atoms with E-state index in [1.54, 1.807) is 12.4 Å². The summed E-state index contributed by atoms with van der Waals surface area (Å²) in [5, 5.41) is 20.8. The fraction of sp³-hybridized carbons (Fsp3) is 0. The molecule has 1 aromatic carbocycles. The summed E-state index contributed by atoms with van der Waals surface area (Å²) in [6.07, 6.45) is 3.54. The van der Waals surface area contributed by atoms with E-state index in [1.165, 1.54) is 24.3 Å². The maximum Gasteiger partial charge on any atom is 3.00 e. The zero-order chi connectivity index (χ0) is 20.3. The molecular formula is C17H19ClMnN2O10+. The molecule has 0 spiro atoms. The second-order valence-corrected chi connectivity index (χ2v) is 5.35. The van der Waals surface area contributed by atoms with Crippen molar-refractivity contribution in [1.82, 2.24) is 9.97 Å². The summed E-state index contributed by atoms with van der Waals surface area (Å²) in [6.45, 7) is 0. The molecule has 0 radical (unpaired) electrons. The number of halogens is 1. The first-order valence-corrected chi connectivity index (χ1v) is 8.33. The van der Waals surface area contributed by atoms with Gasteiger partial charge in [-0.2, -0.15) is 0 Å². The Morgan fingerprint density at radius 3 is 1.35 bits per heavy atom. The van der Waals surface area contributed by atoms with Gasteiger partial charge in [0.1, 0.15) is 0 Å². The molecule has 14 heteroatoms. The Hall–Kier alpha value is -2.68. The summed E-state index contributed by atoms with van der Waals surface area (Å²) < 4.78 is 34.0. The van der Waals surface area contributed by atoms with Crippen LogP contribution in [0.2, 0.25) is 0 Å². The third-order valence-corrected chi connectivity index (χ3v) is 2.70. The molecule has 31 heavy (non-hydrogen) atoms. The van der Waals surface area contributed by atoms with Crippen molar-refractivity contribution in [1.29, 1.82) is 0 Å². The van der Waals surface area contributed by atoms with Gasteiger partial charge >= 0.3 is 17.1 Å². The maximum absolute atomic E-state index is 10.6. The summed E-state index contributed by atoms with van der Waals surface area (Å²) in [4.78, 5) is 18.5. The third-order valence-electron chi connectivity index (χ3n) is 2.70. The van der Waals surface area contributed by atoms with Crippen LogP contribution >= 0.6 is 0 Å². The minimum atomic E-state index is -4.94. The zero-order valence-electron chi connectivity index (χ0n) is 15.5. The monoisotopic (exact) mass is 501 g/mol. The van der Waals surface area contributed by atoms with E-state index in [9.17, 15) is 15.0 Å². The molecule has 0 aliphatic heterocycles. The van der Waals surface area contributed by atoms with Crippen molar-refractivity contribution in [3.8, 4) is 17.1 Å². The Labute approximate surface area is 189 Å². The van der Waals surface area contributed by atoms with Gasteiger partial charge in [0.15, 0.2) is 0 Å². The molecule has 0 saturated carbocycles. The van der Waals surface area contributed by atoms with Gasteiger partial charge in [-0.1, -0.05) is 42.1 Å². The molecule has 170 valence electrons. The Morgan fingerprint density at radius 1 is 0.742 bits per heavy atom. The van der Waals surface area contributed by atoms with Gasteiger partial charge in [0.05, 0.1) is 17.4 Å². The molecule has 2 heterocycles. The van der Waals surface area contributed by atoms with Gasteiger partial charge in [-0.25, -0.2) is 18.6 Å². The molecule has 0 fully saturated rings. The molecule has 0 amide bonds. The number of rotatable bonds is 2. The normalized spacial score (nSPS) is 8.65. The Kier molecular flexibility index (Phi) is 20.9. The summed E-state index contributed by atoms with van der Waals surface area (Å²) in [5.41, 5.74) is 1.54. The SMILES string of the molecule is O.O.O=C([O-])c1ccccc1[O-].[Mn+3].[O-][Cl+3]([O-])([O-])[O-].[OH3+].c1ccc(-c2ccccn2)nc1. The molecule has 2 aromatic heterocycles. The molecule has 12 nitrogen and oxygen atoms in total. The molecule has 3 aromatic rings.